The Morgan fingerprint density at radius 2 is 2.10 bits per heavy atom. The lowest BCUT2D eigenvalue weighted by Crippen LogP contribution is -2.11. The SMILES string of the molecule is CCOC(=O)c1cnn(-c2ccccc2Br)c1C(C)C. The van der Waals surface area contributed by atoms with E-state index in [0.717, 1.165) is 15.9 Å². The molecule has 2 rings (SSSR count). The Labute approximate surface area is 126 Å². The van der Waals surface area contributed by atoms with Crippen LogP contribution in [0, 0.1) is 0 Å². The predicted octanol–water partition coefficient (Wildman–Crippen LogP) is 3.93. The summed E-state index contributed by atoms with van der Waals surface area (Å²) in [4.78, 5) is 12.0. The molecular weight excluding hydrogens is 320 g/mol. The molecule has 0 fully saturated rings. The lowest BCUT2D eigenvalue weighted by atomic mass is 10.1. The number of benzene rings is 1. The van der Waals surface area contributed by atoms with Crippen molar-refractivity contribution < 1.29 is 9.53 Å². The van der Waals surface area contributed by atoms with Gasteiger partial charge < -0.3 is 4.74 Å². The fraction of sp³-hybridized carbons (Fsp3) is 0.333. The van der Waals surface area contributed by atoms with Crippen molar-refractivity contribution in [2.75, 3.05) is 6.61 Å². The van der Waals surface area contributed by atoms with E-state index in [0.29, 0.717) is 12.2 Å². The predicted molar refractivity (Wildman–Crippen MR) is 81.3 cm³/mol. The molecule has 0 atom stereocenters. The molecule has 0 radical (unpaired) electrons. The number of rotatable bonds is 4. The minimum Gasteiger partial charge on any atom is -0.462 e. The quantitative estimate of drug-likeness (QED) is 0.794. The molecule has 20 heavy (non-hydrogen) atoms. The van der Waals surface area contributed by atoms with E-state index in [1.54, 1.807) is 17.8 Å². The number of hydrogen-bond acceptors (Lipinski definition) is 3. The van der Waals surface area contributed by atoms with Gasteiger partial charge in [-0.25, -0.2) is 9.48 Å². The third-order valence-corrected chi connectivity index (χ3v) is 3.60. The fourth-order valence-corrected chi connectivity index (χ4v) is 2.55. The summed E-state index contributed by atoms with van der Waals surface area (Å²) in [5, 5.41) is 4.36. The minimum absolute atomic E-state index is 0.156. The van der Waals surface area contributed by atoms with Crippen LogP contribution >= 0.6 is 15.9 Å². The maximum Gasteiger partial charge on any atom is 0.341 e. The Balaban J connectivity index is 2.56. The zero-order chi connectivity index (χ0) is 14.7. The van der Waals surface area contributed by atoms with Gasteiger partial charge in [0, 0.05) is 4.47 Å². The summed E-state index contributed by atoms with van der Waals surface area (Å²) in [6, 6.07) is 7.79. The maximum absolute atomic E-state index is 12.0. The van der Waals surface area contributed by atoms with E-state index in [2.05, 4.69) is 21.0 Å². The summed E-state index contributed by atoms with van der Waals surface area (Å²) in [7, 11) is 0. The molecule has 0 aliphatic carbocycles. The number of esters is 1. The topological polar surface area (TPSA) is 44.1 Å². The van der Waals surface area contributed by atoms with Crippen LogP contribution in [0.2, 0.25) is 0 Å². The van der Waals surface area contributed by atoms with Gasteiger partial charge in [0.15, 0.2) is 0 Å². The first-order chi connectivity index (χ1) is 9.56. The van der Waals surface area contributed by atoms with Crippen molar-refractivity contribution in [2.45, 2.75) is 26.7 Å². The Hall–Kier alpha value is -1.62. The third-order valence-electron chi connectivity index (χ3n) is 2.93. The average Bonchev–Trinajstić information content (AvgIpc) is 2.84. The summed E-state index contributed by atoms with van der Waals surface area (Å²) in [6.07, 6.45) is 1.58. The van der Waals surface area contributed by atoms with Crippen LogP contribution in [0.5, 0.6) is 0 Å². The standard InChI is InChI=1S/C15H17BrN2O2/c1-4-20-15(19)11-9-17-18(14(11)10(2)3)13-8-6-5-7-12(13)16/h5-10H,4H2,1-3H3. The summed E-state index contributed by atoms with van der Waals surface area (Å²) in [5.74, 6) is -0.168. The molecule has 0 bridgehead atoms. The first-order valence-corrected chi connectivity index (χ1v) is 7.35. The van der Waals surface area contributed by atoms with E-state index in [9.17, 15) is 4.79 Å². The zero-order valence-corrected chi connectivity index (χ0v) is 13.3. The van der Waals surface area contributed by atoms with E-state index < -0.39 is 0 Å². The van der Waals surface area contributed by atoms with Crippen LogP contribution in [0.15, 0.2) is 34.9 Å². The number of hydrogen-bond donors (Lipinski definition) is 0. The van der Waals surface area contributed by atoms with Gasteiger partial charge in [0.25, 0.3) is 0 Å². The van der Waals surface area contributed by atoms with Gasteiger partial charge >= 0.3 is 5.97 Å². The zero-order valence-electron chi connectivity index (χ0n) is 11.8. The molecule has 0 N–H and O–H groups in total. The molecule has 4 nitrogen and oxygen atoms in total. The summed E-state index contributed by atoms with van der Waals surface area (Å²) in [5.41, 5.74) is 2.29. The molecule has 0 amide bonds. The summed E-state index contributed by atoms with van der Waals surface area (Å²) in [6.45, 7) is 6.22. The van der Waals surface area contributed by atoms with Crippen LogP contribution in [0.4, 0.5) is 0 Å². The fourth-order valence-electron chi connectivity index (χ4n) is 2.10. The van der Waals surface area contributed by atoms with E-state index >= 15 is 0 Å². The van der Waals surface area contributed by atoms with Crippen molar-refractivity contribution in [2.24, 2.45) is 0 Å². The molecule has 0 spiro atoms. The van der Waals surface area contributed by atoms with Crippen molar-refractivity contribution in [3.8, 4) is 5.69 Å². The lowest BCUT2D eigenvalue weighted by molar-refractivity contribution is 0.0524. The number of carbonyl (C=O) groups is 1. The third kappa shape index (κ3) is 2.77. The molecule has 2 aromatic rings. The van der Waals surface area contributed by atoms with Gasteiger partial charge in [-0.1, -0.05) is 26.0 Å². The second-order valence-electron chi connectivity index (χ2n) is 4.68. The smallest absolute Gasteiger partial charge is 0.341 e. The Morgan fingerprint density at radius 1 is 1.40 bits per heavy atom. The number of halogens is 1. The Bertz CT molecular complexity index is 620. The van der Waals surface area contributed by atoms with Crippen molar-refractivity contribution in [1.29, 1.82) is 0 Å². The molecule has 1 heterocycles. The number of nitrogens with zero attached hydrogens (tertiary/aromatic N) is 2. The van der Waals surface area contributed by atoms with Crippen LogP contribution in [0.3, 0.4) is 0 Å². The van der Waals surface area contributed by atoms with Gasteiger partial charge in [-0.2, -0.15) is 5.10 Å². The normalized spacial score (nSPS) is 10.8. The highest BCUT2D eigenvalue weighted by Crippen LogP contribution is 2.27. The molecule has 0 saturated heterocycles. The van der Waals surface area contributed by atoms with Gasteiger partial charge in [0.05, 0.1) is 24.2 Å². The largest absolute Gasteiger partial charge is 0.462 e. The highest BCUT2D eigenvalue weighted by atomic mass is 79.9. The summed E-state index contributed by atoms with van der Waals surface area (Å²) >= 11 is 3.52. The highest BCUT2D eigenvalue weighted by Gasteiger charge is 2.22. The summed E-state index contributed by atoms with van der Waals surface area (Å²) < 4.78 is 7.82. The first kappa shape index (κ1) is 14.8. The van der Waals surface area contributed by atoms with Crippen molar-refractivity contribution in [3.63, 3.8) is 0 Å². The number of carbonyl (C=O) groups excluding carboxylic acids is 1. The highest BCUT2D eigenvalue weighted by molar-refractivity contribution is 9.10. The van der Waals surface area contributed by atoms with E-state index in [1.165, 1.54) is 0 Å². The number of para-hydroxylation sites is 1. The van der Waals surface area contributed by atoms with Crippen LogP contribution < -0.4 is 0 Å². The van der Waals surface area contributed by atoms with E-state index in [1.807, 2.05) is 38.1 Å². The monoisotopic (exact) mass is 336 g/mol. The van der Waals surface area contributed by atoms with Crippen LogP contribution in [0.1, 0.15) is 42.7 Å². The second-order valence-corrected chi connectivity index (χ2v) is 5.54. The van der Waals surface area contributed by atoms with Crippen LogP contribution in [0.25, 0.3) is 5.69 Å². The second kappa shape index (κ2) is 6.22. The van der Waals surface area contributed by atoms with Crippen molar-refractivity contribution in [1.82, 2.24) is 9.78 Å². The minimum atomic E-state index is -0.325. The molecule has 0 aliphatic heterocycles. The maximum atomic E-state index is 12.0. The molecule has 0 aliphatic rings. The van der Waals surface area contributed by atoms with Crippen molar-refractivity contribution in [3.05, 3.63) is 46.2 Å². The molecule has 0 saturated carbocycles. The van der Waals surface area contributed by atoms with Gasteiger partial charge in [-0.05, 0) is 40.9 Å². The first-order valence-electron chi connectivity index (χ1n) is 6.56. The lowest BCUT2D eigenvalue weighted by Gasteiger charge is -2.13. The molecule has 5 heteroatoms. The van der Waals surface area contributed by atoms with Gasteiger partial charge in [0.2, 0.25) is 0 Å². The molecule has 1 aromatic carbocycles. The molecule has 106 valence electrons. The van der Waals surface area contributed by atoms with Crippen LogP contribution in [-0.2, 0) is 4.74 Å². The van der Waals surface area contributed by atoms with Gasteiger partial charge in [-0.3, -0.25) is 0 Å². The molecular formula is C15H17BrN2O2. The van der Waals surface area contributed by atoms with Gasteiger partial charge in [0.1, 0.15) is 5.56 Å². The van der Waals surface area contributed by atoms with Crippen molar-refractivity contribution >= 4 is 21.9 Å². The number of aromatic nitrogens is 2. The van der Waals surface area contributed by atoms with Crippen LogP contribution in [-0.4, -0.2) is 22.4 Å². The van der Waals surface area contributed by atoms with E-state index in [4.69, 9.17) is 4.74 Å². The molecule has 1 aromatic heterocycles. The Morgan fingerprint density at radius 3 is 2.70 bits per heavy atom. The molecule has 0 unspecified atom stereocenters. The average molecular weight is 337 g/mol. The Kier molecular flexibility index (Phi) is 4.60. The van der Waals surface area contributed by atoms with E-state index in [-0.39, 0.29) is 11.9 Å². The number of ether oxygens (including phenoxy) is 1. The van der Waals surface area contributed by atoms with Gasteiger partial charge in [-0.15, -0.1) is 0 Å².